The van der Waals surface area contributed by atoms with Gasteiger partial charge < -0.3 is 9.14 Å². The van der Waals surface area contributed by atoms with Crippen LogP contribution in [0.4, 0.5) is 5.69 Å². The van der Waals surface area contributed by atoms with Gasteiger partial charge in [0.1, 0.15) is 17.1 Å². The van der Waals surface area contributed by atoms with Gasteiger partial charge in [-0.3, -0.25) is 4.72 Å². The van der Waals surface area contributed by atoms with E-state index >= 15 is 0 Å². The summed E-state index contributed by atoms with van der Waals surface area (Å²) in [5.41, 5.74) is 2.87. The summed E-state index contributed by atoms with van der Waals surface area (Å²) >= 11 is 0. The van der Waals surface area contributed by atoms with Gasteiger partial charge in [-0.05, 0) is 60.7 Å². The minimum Gasteiger partial charge on any atom is -0.457 e. The molecule has 0 bridgehead atoms. The Morgan fingerprint density at radius 3 is 2.31 bits per heavy atom. The number of rotatable bonds is 6. The highest BCUT2D eigenvalue weighted by Crippen LogP contribution is 2.26. The number of anilines is 1. The van der Waals surface area contributed by atoms with Crippen molar-refractivity contribution in [3.63, 3.8) is 0 Å². The lowest BCUT2D eigenvalue weighted by Gasteiger charge is -2.10. The van der Waals surface area contributed by atoms with E-state index in [1.807, 2.05) is 71.4 Å². The monoisotopic (exact) mass is 441 g/mol. The average molecular weight is 442 g/mol. The third-order valence-electron chi connectivity index (χ3n) is 4.89. The highest BCUT2D eigenvalue weighted by atomic mass is 32.2. The number of pyridine rings is 1. The zero-order valence-corrected chi connectivity index (χ0v) is 17.7. The number of fused-ring (bicyclic) bond motifs is 1. The minimum absolute atomic E-state index is 0.149. The number of sulfonamides is 1. The third-order valence-corrected chi connectivity index (χ3v) is 6.28. The number of hydrogen-bond acceptors (Lipinski definition) is 4. The fourth-order valence-corrected chi connectivity index (χ4v) is 4.39. The average Bonchev–Trinajstić information content (AvgIpc) is 3.25. The Bertz CT molecular complexity index is 1450. The minimum atomic E-state index is -3.76. The van der Waals surface area contributed by atoms with Crippen LogP contribution < -0.4 is 9.46 Å². The van der Waals surface area contributed by atoms with Crippen LogP contribution >= 0.6 is 0 Å². The fraction of sp³-hybridized carbons (Fsp3) is 0. The Balaban J connectivity index is 1.35. The second-order valence-corrected chi connectivity index (χ2v) is 8.85. The van der Waals surface area contributed by atoms with E-state index in [2.05, 4.69) is 9.71 Å². The van der Waals surface area contributed by atoms with Gasteiger partial charge in [0.15, 0.2) is 0 Å². The van der Waals surface area contributed by atoms with Gasteiger partial charge in [-0.25, -0.2) is 13.4 Å². The topological polar surface area (TPSA) is 72.7 Å². The number of nitrogens with one attached hydrogen (secondary N) is 1. The summed E-state index contributed by atoms with van der Waals surface area (Å²) in [4.78, 5) is 4.74. The van der Waals surface area contributed by atoms with Crippen molar-refractivity contribution in [2.75, 3.05) is 4.72 Å². The van der Waals surface area contributed by atoms with Crippen molar-refractivity contribution in [2.45, 2.75) is 4.90 Å². The molecule has 7 heteroatoms. The first-order valence-corrected chi connectivity index (χ1v) is 11.5. The molecule has 0 spiro atoms. The molecule has 0 fully saturated rings. The van der Waals surface area contributed by atoms with Crippen LogP contribution in [0.25, 0.3) is 16.9 Å². The van der Waals surface area contributed by atoms with Crippen molar-refractivity contribution in [3.05, 3.63) is 109 Å². The quantitative estimate of drug-likeness (QED) is 0.373. The molecule has 5 aromatic rings. The van der Waals surface area contributed by atoms with E-state index < -0.39 is 10.0 Å². The van der Waals surface area contributed by atoms with Gasteiger partial charge in [0.05, 0.1) is 10.6 Å². The third kappa shape index (κ3) is 4.19. The van der Waals surface area contributed by atoms with Gasteiger partial charge in [0.25, 0.3) is 10.0 Å². The van der Waals surface area contributed by atoms with Crippen molar-refractivity contribution in [2.24, 2.45) is 0 Å². The van der Waals surface area contributed by atoms with E-state index in [0.717, 1.165) is 16.9 Å². The molecule has 0 unspecified atom stereocenters. The normalized spacial score (nSPS) is 11.4. The lowest BCUT2D eigenvalue weighted by molar-refractivity contribution is 0.482. The van der Waals surface area contributed by atoms with E-state index in [9.17, 15) is 8.42 Å². The van der Waals surface area contributed by atoms with Crippen molar-refractivity contribution in [3.8, 4) is 22.8 Å². The van der Waals surface area contributed by atoms with E-state index in [0.29, 0.717) is 17.2 Å². The first kappa shape index (κ1) is 19.8. The van der Waals surface area contributed by atoms with Gasteiger partial charge in [-0.2, -0.15) is 0 Å². The predicted molar refractivity (Wildman–Crippen MR) is 124 cm³/mol. The van der Waals surface area contributed by atoms with Crippen molar-refractivity contribution < 1.29 is 13.2 Å². The Kier molecular flexibility index (Phi) is 5.09. The predicted octanol–water partition coefficient (Wildman–Crippen LogP) is 5.59. The molecule has 1 N–H and O–H groups in total. The van der Waals surface area contributed by atoms with Crippen molar-refractivity contribution in [1.82, 2.24) is 9.38 Å². The Morgan fingerprint density at radius 2 is 1.53 bits per heavy atom. The largest absolute Gasteiger partial charge is 0.457 e. The second-order valence-electron chi connectivity index (χ2n) is 7.17. The first-order valence-electron chi connectivity index (χ1n) is 9.97. The lowest BCUT2D eigenvalue weighted by atomic mass is 10.1. The molecule has 0 aliphatic rings. The van der Waals surface area contributed by atoms with Crippen LogP contribution in [0, 0.1) is 0 Å². The molecule has 0 saturated carbocycles. The molecule has 0 aliphatic carbocycles. The number of para-hydroxylation sites is 1. The summed E-state index contributed by atoms with van der Waals surface area (Å²) in [7, 11) is -3.76. The summed E-state index contributed by atoms with van der Waals surface area (Å²) in [6, 6.07) is 28.6. The van der Waals surface area contributed by atoms with Crippen LogP contribution in [-0.2, 0) is 10.0 Å². The molecular weight excluding hydrogens is 422 g/mol. The van der Waals surface area contributed by atoms with E-state index in [4.69, 9.17) is 4.74 Å². The summed E-state index contributed by atoms with van der Waals surface area (Å²) in [5.74, 6) is 1.24. The Labute approximate surface area is 185 Å². The van der Waals surface area contributed by atoms with Crippen LogP contribution in [0.3, 0.4) is 0 Å². The SMILES string of the molecule is O=S(=O)(Nc1cccc(-c2cn3ccccc3n2)c1)c1ccc(Oc2ccccc2)cc1. The smallest absolute Gasteiger partial charge is 0.261 e. The highest BCUT2D eigenvalue weighted by molar-refractivity contribution is 7.92. The van der Waals surface area contributed by atoms with Gasteiger partial charge >= 0.3 is 0 Å². The van der Waals surface area contributed by atoms with Crippen LogP contribution in [-0.4, -0.2) is 17.8 Å². The summed E-state index contributed by atoms with van der Waals surface area (Å²) in [6.45, 7) is 0. The van der Waals surface area contributed by atoms with Gasteiger partial charge in [-0.1, -0.05) is 36.4 Å². The van der Waals surface area contributed by atoms with Crippen molar-refractivity contribution in [1.29, 1.82) is 0 Å². The molecule has 0 radical (unpaired) electrons. The number of hydrogen-bond donors (Lipinski definition) is 1. The summed E-state index contributed by atoms with van der Waals surface area (Å²) in [5, 5.41) is 0. The second kappa shape index (κ2) is 8.20. The van der Waals surface area contributed by atoms with E-state index in [1.165, 1.54) is 12.1 Å². The van der Waals surface area contributed by atoms with Crippen LogP contribution in [0.1, 0.15) is 0 Å². The molecular formula is C25H19N3O3S. The lowest BCUT2D eigenvalue weighted by Crippen LogP contribution is -2.12. The maximum atomic E-state index is 12.9. The molecule has 32 heavy (non-hydrogen) atoms. The number of benzene rings is 3. The van der Waals surface area contributed by atoms with Gasteiger partial charge in [0, 0.05) is 23.6 Å². The molecule has 0 atom stereocenters. The molecule has 6 nitrogen and oxygen atoms in total. The van der Waals surface area contributed by atoms with E-state index in [1.54, 1.807) is 30.3 Å². The zero-order valence-electron chi connectivity index (χ0n) is 16.9. The summed E-state index contributed by atoms with van der Waals surface area (Å²) < 4.78 is 36.1. The van der Waals surface area contributed by atoms with Gasteiger partial charge in [-0.15, -0.1) is 0 Å². The molecule has 0 saturated heterocycles. The van der Waals surface area contributed by atoms with Crippen LogP contribution in [0.5, 0.6) is 11.5 Å². The Morgan fingerprint density at radius 1 is 0.781 bits per heavy atom. The first-order chi connectivity index (χ1) is 15.6. The molecule has 3 aromatic carbocycles. The van der Waals surface area contributed by atoms with Crippen LogP contribution in [0.15, 0.2) is 114 Å². The van der Waals surface area contributed by atoms with Crippen LogP contribution in [0.2, 0.25) is 0 Å². The highest BCUT2D eigenvalue weighted by Gasteiger charge is 2.15. The number of imidazole rings is 1. The molecule has 158 valence electrons. The van der Waals surface area contributed by atoms with Crippen molar-refractivity contribution >= 4 is 21.4 Å². The Hall–Kier alpha value is -4.10. The van der Waals surface area contributed by atoms with E-state index in [-0.39, 0.29) is 4.90 Å². The molecule has 0 amide bonds. The zero-order chi connectivity index (χ0) is 22.0. The molecule has 2 aromatic heterocycles. The van der Waals surface area contributed by atoms with Gasteiger partial charge in [0.2, 0.25) is 0 Å². The number of nitrogens with zero attached hydrogens (tertiary/aromatic N) is 2. The maximum absolute atomic E-state index is 12.9. The molecule has 0 aliphatic heterocycles. The molecule has 5 rings (SSSR count). The number of ether oxygens (including phenoxy) is 1. The number of aromatic nitrogens is 2. The summed E-state index contributed by atoms with van der Waals surface area (Å²) in [6.07, 6.45) is 3.83. The molecule has 2 heterocycles. The fourth-order valence-electron chi connectivity index (χ4n) is 3.34. The maximum Gasteiger partial charge on any atom is 0.261 e. The standard InChI is InChI=1S/C25H19N3O3S/c29-32(30,23-14-12-22(13-15-23)31-21-9-2-1-3-10-21)27-20-8-6-7-19(17-20)24-18-28-16-5-4-11-25(28)26-24/h1-18,27H.